The molecule has 110 valence electrons. The van der Waals surface area contributed by atoms with Gasteiger partial charge in [-0.15, -0.1) is 0 Å². The number of carbonyl (C=O) groups is 1. The van der Waals surface area contributed by atoms with Gasteiger partial charge in [0.15, 0.2) is 0 Å². The molecule has 0 aromatic carbocycles. The summed E-state index contributed by atoms with van der Waals surface area (Å²) in [5.41, 5.74) is 0. The second kappa shape index (κ2) is 7.28. The topological polar surface area (TPSA) is 32.3 Å². The number of nitrogens with one attached hydrogen (secondary N) is 1. The van der Waals surface area contributed by atoms with Gasteiger partial charge < -0.3 is 10.2 Å². The first kappa shape index (κ1) is 14.8. The zero-order chi connectivity index (χ0) is 13.7. The second-order valence-electron chi connectivity index (χ2n) is 6.50. The van der Waals surface area contributed by atoms with E-state index in [-0.39, 0.29) is 0 Å². The van der Waals surface area contributed by atoms with Crippen molar-refractivity contribution in [2.24, 2.45) is 11.8 Å². The van der Waals surface area contributed by atoms with Gasteiger partial charge in [-0.1, -0.05) is 32.6 Å². The Labute approximate surface area is 118 Å². The predicted octanol–water partition coefficient (Wildman–Crippen LogP) is 2.80. The number of likely N-dealkylation sites (N-methyl/N-ethyl adjacent to an activating group) is 1. The molecule has 3 nitrogen and oxygen atoms in total. The van der Waals surface area contributed by atoms with E-state index >= 15 is 0 Å². The molecule has 0 unspecified atom stereocenters. The summed E-state index contributed by atoms with van der Waals surface area (Å²) in [7, 11) is 0. The Morgan fingerprint density at radius 2 is 1.84 bits per heavy atom. The summed E-state index contributed by atoms with van der Waals surface area (Å²) in [6.07, 6.45) is 9.24. The molecule has 0 aromatic heterocycles. The fourth-order valence-electron chi connectivity index (χ4n) is 3.25. The molecule has 1 N–H and O–H groups in total. The molecule has 0 aliphatic heterocycles. The lowest BCUT2D eigenvalue weighted by molar-refractivity contribution is -0.130. The molecular formula is C16H30N2O. The van der Waals surface area contributed by atoms with E-state index in [0.29, 0.717) is 18.5 Å². The Morgan fingerprint density at radius 1 is 1.16 bits per heavy atom. The van der Waals surface area contributed by atoms with Gasteiger partial charge in [0.05, 0.1) is 6.54 Å². The minimum Gasteiger partial charge on any atom is -0.339 e. The molecule has 2 aliphatic rings. The van der Waals surface area contributed by atoms with Crippen LogP contribution in [0.25, 0.3) is 0 Å². The molecule has 19 heavy (non-hydrogen) atoms. The summed E-state index contributed by atoms with van der Waals surface area (Å²) in [5.74, 6) is 2.12. The van der Waals surface area contributed by atoms with Crippen LogP contribution in [-0.2, 0) is 4.79 Å². The van der Waals surface area contributed by atoms with E-state index < -0.39 is 0 Å². The number of hydrogen-bond donors (Lipinski definition) is 1. The Bertz CT molecular complexity index is 280. The van der Waals surface area contributed by atoms with E-state index in [4.69, 9.17) is 0 Å². The SMILES string of the molecule is CCN(C(=O)CNCCC1CCC(C)CC1)C1CC1. The molecule has 0 spiro atoms. The average molecular weight is 266 g/mol. The van der Waals surface area contributed by atoms with Gasteiger partial charge in [0.2, 0.25) is 5.91 Å². The van der Waals surface area contributed by atoms with Gasteiger partial charge in [-0.3, -0.25) is 4.79 Å². The fourth-order valence-corrected chi connectivity index (χ4v) is 3.25. The number of carbonyl (C=O) groups excluding carboxylic acids is 1. The highest BCUT2D eigenvalue weighted by molar-refractivity contribution is 5.78. The first-order valence-electron chi connectivity index (χ1n) is 8.21. The largest absolute Gasteiger partial charge is 0.339 e. The predicted molar refractivity (Wildman–Crippen MR) is 79.0 cm³/mol. The van der Waals surface area contributed by atoms with Crippen molar-refractivity contribution in [3.63, 3.8) is 0 Å². The summed E-state index contributed by atoms with van der Waals surface area (Å²) in [6.45, 7) is 6.86. The molecule has 2 rings (SSSR count). The third-order valence-electron chi connectivity index (χ3n) is 4.79. The summed E-state index contributed by atoms with van der Waals surface area (Å²) in [6, 6.07) is 0.555. The summed E-state index contributed by atoms with van der Waals surface area (Å²) < 4.78 is 0. The van der Waals surface area contributed by atoms with Crippen LogP contribution in [0.15, 0.2) is 0 Å². The smallest absolute Gasteiger partial charge is 0.236 e. The lowest BCUT2D eigenvalue weighted by Crippen LogP contribution is -2.40. The Hall–Kier alpha value is -0.570. The van der Waals surface area contributed by atoms with Crippen LogP contribution in [-0.4, -0.2) is 36.5 Å². The summed E-state index contributed by atoms with van der Waals surface area (Å²) in [4.78, 5) is 14.1. The van der Waals surface area contributed by atoms with Crippen molar-refractivity contribution in [2.75, 3.05) is 19.6 Å². The second-order valence-corrected chi connectivity index (χ2v) is 6.50. The molecule has 0 atom stereocenters. The normalized spacial score (nSPS) is 27.3. The molecular weight excluding hydrogens is 236 g/mol. The minimum absolute atomic E-state index is 0.294. The molecule has 2 fully saturated rings. The first-order valence-corrected chi connectivity index (χ1v) is 8.21. The van der Waals surface area contributed by atoms with Gasteiger partial charge in [-0.25, -0.2) is 0 Å². The van der Waals surface area contributed by atoms with Crippen molar-refractivity contribution in [3.8, 4) is 0 Å². The highest BCUT2D eigenvalue weighted by atomic mass is 16.2. The molecule has 0 bridgehead atoms. The lowest BCUT2D eigenvalue weighted by Gasteiger charge is -2.26. The van der Waals surface area contributed by atoms with Crippen molar-refractivity contribution < 1.29 is 4.79 Å². The molecule has 3 heteroatoms. The van der Waals surface area contributed by atoms with Crippen molar-refractivity contribution in [2.45, 2.75) is 64.8 Å². The summed E-state index contributed by atoms with van der Waals surface area (Å²) >= 11 is 0. The van der Waals surface area contributed by atoms with Crippen LogP contribution in [0.5, 0.6) is 0 Å². The molecule has 0 radical (unpaired) electrons. The maximum absolute atomic E-state index is 12.0. The van der Waals surface area contributed by atoms with Gasteiger partial charge in [0.1, 0.15) is 0 Å². The van der Waals surface area contributed by atoms with Crippen LogP contribution in [0.3, 0.4) is 0 Å². The average Bonchev–Trinajstić information content (AvgIpc) is 3.22. The number of amides is 1. The van der Waals surface area contributed by atoms with E-state index in [2.05, 4.69) is 19.2 Å². The van der Waals surface area contributed by atoms with Crippen molar-refractivity contribution >= 4 is 5.91 Å². The van der Waals surface area contributed by atoms with Crippen molar-refractivity contribution in [1.29, 1.82) is 0 Å². The summed E-state index contributed by atoms with van der Waals surface area (Å²) in [5, 5.41) is 3.35. The molecule has 2 aliphatic carbocycles. The van der Waals surface area contributed by atoms with Gasteiger partial charge >= 0.3 is 0 Å². The highest BCUT2D eigenvalue weighted by Crippen LogP contribution is 2.30. The third-order valence-corrected chi connectivity index (χ3v) is 4.79. The zero-order valence-corrected chi connectivity index (χ0v) is 12.7. The van der Waals surface area contributed by atoms with Gasteiger partial charge in [-0.2, -0.15) is 0 Å². The van der Waals surface area contributed by atoms with Gasteiger partial charge in [-0.05, 0) is 44.6 Å². The monoisotopic (exact) mass is 266 g/mol. The van der Waals surface area contributed by atoms with Crippen LogP contribution in [0.4, 0.5) is 0 Å². The Balaban J connectivity index is 1.55. The number of nitrogens with zero attached hydrogens (tertiary/aromatic N) is 1. The molecule has 0 heterocycles. The van der Waals surface area contributed by atoms with E-state index in [9.17, 15) is 4.79 Å². The zero-order valence-electron chi connectivity index (χ0n) is 12.7. The van der Waals surface area contributed by atoms with Crippen LogP contribution >= 0.6 is 0 Å². The van der Waals surface area contributed by atoms with Crippen LogP contribution < -0.4 is 5.32 Å². The van der Waals surface area contributed by atoms with Crippen LogP contribution in [0.1, 0.15) is 58.8 Å². The number of hydrogen-bond acceptors (Lipinski definition) is 2. The lowest BCUT2D eigenvalue weighted by atomic mass is 9.81. The maximum atomic E-state index is 12.0. The molecule has 0 saturated heterocycles. The van der Waals surface area contributed by atoms with Crippen LogP contribution in [0.2, 0.25) is 0 Å². The number of rotatable bonds is 7. The maximum Gasteiger partial charge on any atom is 0.236 e. The molecule has 1 amide bonds. The van der Waals surface area contributed by atoms with E-state index in [1.165, 1.54) is 44.9 Å². The van der Waals surface area contributed by atoms with Gasteiger partial charge in [0, 0.05) is 12.6 Å². The minimum atomic E-state index is 0.294. The third kappa shape index (κ3) is 4.79. The Kier molecular flexibility index (Phi) is 5.68. The fraction of sp³-hybridized carbons (Fsp3) is 0.938. The Morgan fingerprint density at radius 3 is 2.42 bits per heavy atom. The molecule has 2 saturated carbocycles. The van der Waals surface area contributed by atoms with Crippen molar-refractivity contribution in [3.05, 3.63) is 0 Å². The van der Waals surface area contributed by atoms with Crippen LogP contribution in [0, 0.1) is 11.8 Å². The highest BCUT2D eigenvalue weighted by Gasteiger charge is 2.30. The first-order chi connectivity index (χ1) is 9.20. The van der Waals surface area contributed by atoms with Gasteiger partial charge in [0.25, 0.3) is 0 Å². The molecule has 0 aromatic rings. The quantitative estimate of drug-likeness (QED) is 0.719. The standard InChI is InChI=1S/C16H30N2O/c1-3-18(15-8-9-15)16(19)12-17-11-10-14-6-4-13(2)5-7-14/h13-15,17H,3-12H2,1-2H3. The van der Waals surface area contributed by atoms with Crippen molar-refractivity contribution in [1.82, 2.24) is 10.2 Å². The van der Waals surface area contributed by atoms with E-state index in [1.807, 2.05) is 4.90 Å². The van der Waals surface area contributed by atoms with E-state index in [1.54, 1.807) is 0 Å². The van der Waals surface area contributed by atoms with E-state index in [0.717, 1.165) is 24.9 Å².